The molecule has 0 radical (unpaired) electrons. The molecule has 1 heterocycles. The predicted octanol–water partition coefficient (Wildman–Crippen LogP) is 3.74. The summed E-state index contributed by atoms with van der Waals surface area (Å²) in [5.74, 6) is 3.14. The number of nitrogen functional groups attached to an aromatic ring is 1. The van der Waals surface area contributed by atoms with E-state index >= 15 is 0 Å². The first kappa shape index (κ1) is 20.0. The lowest BCUT2D eigenvalue weighted by molar-refractivity contribution is -0.137. The lowest BCUT2D eigenvalue weighted by Crippen LogP contribution is -2.09. The van der Waals surface area contributed by atoms with Crippen LogP contribution in [0.5, 0.6) is 5.75 Å². The number of rotatable bonds is 7. The van der Waals surface area contributed by atoms with E-state index in [0.29, 0.717) is 34.0 Å². The number of hydrogen-bond acceptors (Lipinski definition) is 6. The van der Waals surface area contributed by atoms with Crippen LogP contribution >= 0.6 is 0 Å². The number of hydrogen-bond donors (Lipinski definition) is 3. The zero-order valence-electron chi connectivity index (χ0n) is 16.3. The van der Waals surface area contributed by atoms with E-state index in [1.807, 2.05) is 38.1 Å². The number of nitrogens with two attached hydrogens (primary N) is 1. The number of anilines is 3. The maximum atomic E-state index is 11.0. The Morgan fingerprint density at radius 1 is 1.31 bits per heavy atom. The van der Waals surface area contributed by atoms with Crippen molar-refractivity contribution in [3.8, 4) is 18.1 Å². The zero-order chi connectivity index (χ0) is 21.0. The summed E-state index contributed by atoms with van der Waals surface area (Å²) in [7, 11) is 0. The minimum Gasteiger partial charge on any atom is -0.489 e. The molecule has 0 saturated carbocycles. The first-order chi connectivity index (χ1) is 13.9. The van der Waals surface area contributed by atoms with Crippen LogP contribution in [0.4, 0.5) is 17.2 Å². The molecule has 0 aliphatic rings. The third-order valence-corrected chi connectivity index (χ3v) is 4.09. The van der Waals surface area contributed by atoms with Gasteiger partial charge in [0.15, 0.2) is 0 Å². The molecule has 4 N–H and O–H groups in total. The Hall–Kier alpha value is -3.79. The van der Waals surface area contributed by atoms with Crippen LogP contribution in [0, 0.1) is 12.3 Å². The van der Waals surface area contributed by atoms with Gasteiger partial charge in [-0.3, -0.25) is 4.79 Å². The quantitative estimate of drug-likeness (QED) is 0.416. The largest absolute Gasteiger partial charge is 0.489 e. The number of terminal acetylenes is 1. The second kappa shape index (κ2) is 8.48. The highest BCUT2D eigenvalue weighted by atomic mass is 16.5. The number of nitrogens with zero attached hydrogens (tertiary/aromatic N) is 2. The van der Waals surface area contributed by atoms with Gasteiger partial charge in [-0.25, -0.2) is 9.97 Å². The Balaban J connectivity index is 2.10. The average Bonchev–Trinajstić information content (AvgIpc) is 2.67. The SMILES string of the molecule is C#Cc1cccc(Nc2nc(CCC(=O)O)nc3cc(OC(C)C)c(N)cc23)c1. The fourth-order valence-electron chi connectivity index (χ4n) is 2.83. The van der Waals surface area contributed by atoms with Crippen LogP contribution in [-0.4, -0.2) is 27.1 Å². The van der Waals surface area contributed by atoms with E-state index in [9.17, 15) is 4.79 Å². The molecule has 148 valence electrons. The molecule has 29 heavy (non-hydrogen) atoms. The van der Waals surface area contributed by atoms with Crippen molar-refractivity contribution in [1.29, 1.82) is 0 Å². The van der Waals surface area contributed by atoms with Gasteiger partial charge in [0.1, 0.15) is 17.4 Å². The summed E-state index contributed by atoms with van der Waals surface area (Å²) in [6.07, 6.45) is 5.57. The van der Waals surface area contributed by atoms with E-state index in [2.05, 4.69) is 21.2 Å². The number of carboxylic acids is 1. The third-order valence-electron chi connectivity index (χ3n) is 4.09. The van der Waals surface area contributed by atoms with Gasteiger partial charge in [0, 0.05) is 29.1 Å². The number of aromatic nitrogens is 2. The number of aliphatic carboxylic acids is 1. The Morgan fingerprint density at radius 3 is 2.79 bits per heavy atom. The summed E-state index contributed by atoms with van der Waals surface area (Å²) in [4.78, 5) is 20.0. The number of nitrogens with one attached hydrogen (secondary N) is 1. The normalized spacial score (nSPS) is 10.7. The van der Waals surface area contributed by atoms with Gasteiger partial charge < -0.3 is 20.9 Å². The number of benzene rings is 2. The van der Waals surface area contributed by atoms with Crippen molar-refractivity contribution in [2.24, 2.45) is 0 Å². The van der Waals surface area contributed by atoms with Crippen molar-refractivity contribution in [2.75, 3.05) is 11.1 Å². The van der Waals surface area contributed by atoms with Crippen molar-refractivity contribution < 1.29 is 14.6 Å². The maximum absolute atomic E-state index is 11.0. The fraction of sp³-hybridized carbons (Fsp3) is 0.227. The van der Waals surface area contributed by atoms with Crippen molar-refractivity contribution in [3.63, 3.8) is 0 Å². The molecule has 3 rings (SSSR count). The molecule has 0 unspecified atom stereocenters. The minimum absolute atomic E-state index is 0.0489. The molecule has 1 aromatic heterocycles. The van der Waals surface area contributed by atoms with Crippen molar-refractivity contribution in [1.82, 2.24) is 9.97 Å². The summed E-state index contributed by atoms with van der Waals surface area (Å²) in [6.45, 7) is 3.82. The Morgan fingerprint density at radius 2 is 2.10 bits per heavy atom. The van der Waals surface area contributed by atoms with E-state index in [1.54, 1.807) is 12.1 Å². The molecule has 0 aliphatic heterocycles. The van der Waals surface area contributed by atoms with Gasteiger partial charge in [-0.1, -0.05) is 12.0 Å². The second-order valence-electron chi connectivity index (χ2n) is 6.81. The van der Waals surface area contributed by atoms with Crippen LogP contribution in [-0.2, 0) is 11.2 Å². The average molecular weight is 390 g/mol. The van der Waals surface area contributed by atoms with Crippen LogP contribution in [0.25, 0.3) is 10.9 Å². The van der Waals surface area contributed by atoms with Gasteiger partial charge >= 0.3 is 5.97 Å². The minimum atomic E-state index is -0.911. The second-order valence-corrected chi connectivity index (χ2v) is 6.81. The molecule has 7 nitrogen and oxygen atoms in total. The van der Waals surface area contributed by atoms with E-state index < -0.39 is 5.97 Å². The third kappa shape index (κ3) is 4.93. The van der Waals surface area contributed by atoms with Crippen LogP contribution in [0.15, 0.2) is 36.4 Å². The molecule has 0 amide bonds. The summed E-state index contributed by atoms with van der Waals surface area (Å²) in [6, 6.07) is 10.9. The number of ether oxygens (including phenoxy) is 1. The van der Waals surface area contributed by atoms with E-state index in [-0.39, 0.29) is 18.9 Å². The van der Waals surface area contributed by atoms with E-state index in [1.165, 1.54) is 0 Å². The first-order valence-electron chi connectivity index (χ1n) is 9.18. The zero-order valence-corrected chi connectivity index (χ0v) is 16.3. The van der Waals surface area contributed by atoms with Crippen LogP contribution < -0.4 is 15.8 Å². The summed E-state index contributed by atoms with van der Waals surface area (Å²) >= 11 is 0. The number of fused-ring (bicyclic) bond motifs is 1. The lowest BCUT2D eigenvalue weighted by Gasteiger charge is -2.15. The van der Waals surface area contributed by atoms with Crippen LogP contribution in [0.1, 0.15) is 31.7 Å². The highest BCUT2D eigenvalue weighted by Crippen LogP contribution is 2.32. The van der Waals surface area contributed by atoms with E-state index in [0.717, 1.165) is 11.3 Å². The van der Waals surface area contributed by atoms with Gasteiger partial charge in [-0.05, 0) is 38.1 Å². The predicted molar refractivity (Wildman–Crippen MR) is 113 cm³/mol. The smallest absolute Gasteiger partial charge is 0.303 e. The van der Waals surface area contributed by atoms with E-state index in [4.69, 9.17) is 22.0 Å². The van der Waals surface area contributed by atoms with Crippen LogP contribution in [0.3, 0.4) is 0 Å². The molecule has 0 bridgehead atoms. The molecule has 2 aromatic carbocycles. The van der Waals surface area contributed by atoms with Gasteiger partial charge in [0.2, 0.25) is 0 Å². The molecule has 0 spiro atoms. The summed E-state index contributed by atoms with van der Waals surface area (Å²) in [5, 5.41) is 12.9. The standard InChI is InChI=1S/C22H22N4O3/c1-4-14-6-5-7-15(10-14)24-22-16-11-17(23)19(29-13(2)3)12-18(16)25-20(26-22)8-9-21(27)28/h1,5-7,10-13H,8-9,23H2,2-3H3,(H,27,28)(H,24,25,26). The van der Waals surface area contributed by atoms with Gasteiger partial charge in [0.25, 0.3) is 0 Å². The Kier molecular flexibility index (Phi) is 5.84. The maximum Gasteiger partial charge on any atom is 0.303 e. The molecule has 0 atom stereocenters. The topological polar surface area (TPSA) is 110 Å². The number of carboxylic acid groups (broad SMARTS) is 1. The van der Waals surface area contributed by atoms with Crippen molar-refractivity contribution in [2.45, 2.75) is 32.8 Å². The Bertz CT molecular complexity index is 1100. The molecule has 0 saturated heterocycles. The van der Waals surface area contributed by atoms with Crippen molar-refractivity contribution in [3.05, 3.63) is 47.8 Å². The highest BCUT2D eigenvalue weighted by molar-refractivity contribution is 5.94. The molecule has 3 aromatic rings. The highest BCUT2D eigenvalue weighted by Gasteiger charge is 2.14. The molecule has 0 aliphatic carbocycles. The molecule has 7 heteroatoms. The first-order valence-corrected chi connectivity index (χ1v) is 9.18. The van der Waals surface area contributed by atoms with Gasteiger partial charge in [0.05, 0.1) is 23.7 Å². The number of aryl methyl sites for hydroxylation is 1. The molecule has 0 fully saturated rings. The fourth-order valence-corrected chi connectivity index (χ4v) is 2.83. The van der Waals surface area contributed by atoms with Gasteiger partial charge in [-0.2, -0.15) is 0 Å². The monoisotopic (exact) mass is 390 g/mol. The number of carbonyl (C=O) groups is 1. The van der Waals surface area contributed by atoms with Crippen molar-refractivity contribution >= 4 is 34.1 Å². The van der Waals surface area contributed by atoms with Crippen LogP contribution in [0.2, 0.25) is 0 Å². The summed E-state index contributed by atoms with van der Waals surface area (Å²) < 4.78 is 5.76. The lowest BCUT2D eigenvalue weighted by atomic mass is 10.1. The molecular weight excluding hydrogens is 368 g/mol. The summed E-state index contributed by atoms with van der Waals surface area (Å²) in [5.41, 5.74) is 8.73. The Labute approximate surface area is 168 Å². The molecular formula is C22H22N4O3. The van der Waals surface area contributed by atoms with Gasteiger partial charge in [-0.15, -0.1) is 6.42 Å².